The Labute approximate surface area is 265 Å². The SMILES string of the molecule is C=CC(=O)Oc1ccc(/C=N/N=C/c2ccc(F)cc2)cc1.[C-]#[N+]c1ccc(/C=N/N=C/c2ccc(OC(=O)C=C)c(C)c2)cc1. The zero-order valence-electron chi connectivity index (χ0n) is 24.8. The molecule has 10 heteroatoms. The van der Waals surface area contributed by atoms with Gasteiger partial charge in [0, 0.05) is 12.2 Å². The summed E-state index contributed by atoms with van der Waals surface area (Å²) in [6.07, 6.45) is 8.51. The van der Waals surface area contributed by atoms with Gasteiger partial charge in [-0.1, -0.05) is 49.6 Å². The molecule has 9 nitrogen and oxygen atoms in total. The normalized spacial score (nSPS) is 10.8. The third-order valence-corrected chi connectivity index (χ3v) is 5.69. The summed E-state index contributed by atoms with van der Waals surface area (Å²) in [6, 6.07) is 25.1. The van der Waals surface area contributed by atoms with Crippen LogP contribution in [-0.4, -0.2) is 36.8 Å². The third kappa shape index (κ3) is 11.9. The summed E-state index contributed by atoms with van der Waals surface area (Å²) in [5, 5.41) is 15.7. The van der Waals surface area contributed by atoms with E-state index >= 15 is 0 Å². The highest BCUT2D eigenvalue weighted by Gasteiger charge is 2.04. The van der Waals surface area contributed by atoms with E-state index in [1.54, 1.807) is 91.4 Å². The first-order valence-corrected chi connectivity index (χ1v) is 13.5. The first kappa shape index (κ1) is 33.9. The minimum atomic E-state index is -0.509. The molecule has 0 aromatic heterocycles. The second-order valence-corrected chi connectivity index (χ2v) is 9.08. The van der Waals surface area contributed by atoms with Gasteiger partial charge < -0.3 is 9.47 Å². The number of hydrogen-bond acceptors (Lipinski definition) is 8. The van der Waals surface area contributed by atoms with E-state index in [0.717, 1.165) is 40.0 Å². The first-order chi connectivity index (χ1) is 22.3. The Morgan fingerprint density at radius 3 is 1.59 bits per heavy atom. The largest absolute Gasteiger partial charge is 0.423 e. The van der Waals surface area contributed by atoms with E-state index in [1.807, 2.05) is 13.0 Å². The average molecular weight is 614 g/mol. The molecule has 0 amide bonds. The number of hydrogen-bond donors (Lipinski definition) is 0. The van der Waals surface area contributed by atoms with Gasteiger partial charge in [-0.25, -0.2) is 18.8 Å². The number of aryl methyl sites for hydroxylation is 1. The van der Waals surface area contributed by atoms with E-state index in [2.05, 4.69) is 38.4 Å². The van der Waals surface area contributed by atoms with Crippen LogP contribution in [0.5, 0.6) is 11.5 Å². The lowest BCUT2D eigenvalue weighted by atomic mass is 10.1. The number of carbonyl (C=O) groups excluding carboxylic acids is 2. The highest BCUT2D eigenvalue weighted by molar-refractivity contribution is 5.86. The maximum atomic E-state index is 12.7. The Hall–Kier alpha value is -6.60. The molecule has 0 aliphatic rings. The maximum Gasteiger partial charge on any atom is 0.335 e. The molecule has 0 bridgehead atoms. The van der Waals surface area contributed by atoms with Crippen LogP contribution >= 0.6 is 0 Å². The fourth-order valence-corrected chi connectivity index (χ4v) is 3.38. The summed E-state index contributed by atoms with van der Waals surface area (Å²) in [4.78, 5) is 25.6. The Morgan fingerprint density at radius 2 is 1.11 bits per heavy atom. The molecule has 46 heavy (non-hydrogen) atoms. The molecule has 0 unspecified atom stereocenters. The van der Waals surface area contributed by atoms with Crippen LogP contribution in [0.15, 0.2) is 137 Å². The van der Waals surface area contributed by atoms with Gasteiger partial charge in [-0.3, -0.25) is 0 Å². The van der Waals surface area contributed by atoms with Gasteiger partial charge in [0.15, 0.2) is 5.69 Å². The minimum Gasteiger partial charge on any atom is -0.423 e. The molecule has 0 saturated carbocycles. The number of halogens is 1. The Balaban J connectivity index is 0.000000251. The third-order valence-electron chi connectivity index (χ3n) is 5.69. The van der Waals surface area contributed by atoms with Crippen molar-refractivity contribution in [2.24, 2.45) is 20.4 Å². The van der Waals surface area contributed by atoms with E-state index < -0.39 is 11.9 Å². The average Bonchev–Trinajstić information content (AvgIpc) is 3.08. The highest BCUT2D eigenvalue weighted by Crippen LogP contribution is 2.19. The van der Waals surface area contributed by atoms with Gasteiger partial charge in [-0.05, 0) is 89.3 Å². The van der Waals surface area contributed by atoms with Gasteiger partial charge in [0.2, 0.25) is 0 Å². The lowest BCUT2D eigenvalue weighted by molar-refractivity contribution is -0.129. The predicted octanol–water partition coefficient (Wildman–Crippen LogP) is 7.46. The topological polar surface area (TPSA) is 106 Å². The zero-order valence-corrected chi connectivity index (χ0v) is 24.8. The lowest BCUT2D eigenvalue weighted by Crippen LogP contribution is -2.04. The van der Waals surface area contributed by atoms with Gasteiger partial charge in [0.1, 0.15) is 17.3 Å². The van der Waals surface area contributed by atoms with E-state index in [-0.39, 0.29) is 5.82 Å². The van der Waals surface area contributed by atoms with Gasteiger partial charge in [0.05, 0.1) is 31.4 Å². The van der Waals surface area contributed by atoms with E-state index in [4.69, 9.17) is 16.0 Å². The van der Waals surface area contributed by atoms with Crippen LogP contribution in [0.4, 0.5) is 10.1 Å². The summed E-state index contributed by atoms with van der Waals surface area (Å²) in [5.74, 6) is -0.381. The van der Waals surface area contributed by atoms with Gasteiger partial charge in [0.25, 0.3) is 0 Å². The number of ether oxygens (including phenoxy) is 2. The van der Waals surface area contributed by atoms with Gasteiger partial charge in [-0.15, -0.1) is 0 Å². The second kappa shape index (κ2) is 18.2. The molecule has 0 spiro atoms. The zero-order chi connectivity index (χ0) is 33.1. The summed E-state index contributed by atoms with van der Waals surface area (Å²) < 4.78 is 22.8. The van der Waals surface area contributed by atoms with Crippen molar-refractivity contribution in [2.75, 3.05) is 0 Å². The molecule has 4 aromatic carbocycles. The van der Waals surface area contributed by atoms with Crippen LogP contribution in [0.3, 0.4) is 0 Å². The first-order valence-electron chi connectivity index (χ1n) is 13.5. The van der Waals surface area contributed by atoms with E-state index in [1.165, 1.54) is 18.3 Å². The quantitative estimate of drug-likeness (QED) is 0.0462. The Bertz CT molecular complexity index is 1820. The van der Waals surface area contributed by atoms with Crippen LogP contribution in [-0.2, 0) is 9.59 Å². The van der Waals surface area contributed by atoms with Crippen molar-refractivity contribution >= 4 is 42.5 Å². The lowest BCUT2D eigenvalue weighted by Gasteiger charge is -2.05. The molecule has 4 rings (SSSR count). The van der Waals surface area contributed by atoms with Crippen molar-refractivity contribution in [1.82, 2.24) is 0 Å². The van der Waals surface area contributed by atoms with E-state index in [0.29, 0.717) is 17.2 Å². The van der Waals surface area contributed by atoms with Crippen molar-refractivity contribution in [2.45, 2.75) is 6.92 Å². The van der Waals surface area contributed by atoms with Gasteiger partial charge in [-0.2, -0.15) is 20.4 Å². The van der Waals surface area contributed by atoms with Crippen LogP contribution in [0.1, 0.15) is 27.8 Å². The second-order valence-electron chi connectivity index (χ2n) is 9.08. The molecule has 0 N–H and O–H groups in total. The Kier molecular flexibility index (Phi) is 13.4. The standard InChI is InChI=1S/C19H15N3O2.C17H13FN2O2/c1-4-19(23)24-18-10-7-16(11-14(18)2)13-22-21-12-15-5-8-17(20-3)9-6-15;1-2-17(21)22-16-9-5-14(6-10-16)12-20-19-11-13-3-7-15(18)8-4-13/h4-13H,1H2,2H3;2-12H,1H2/b21-12+,22-13+;19-11+,20-12+. The summed E-state index contributed by atoms with van der Waals surface area (Å²) in [5.41, 5.74) is 4.66. The molecule has 0 heterocycles. The number of nitrogens with zero attached hydrogens (tertiary/aromatic N) is 5. The fourth-order valence-electron chi connectivity index (χ4n) is 3.38. The Morgan fingerprint density at radius 1 is 0.674 bits per heavy atom. The monoisotopic (exact) mass is 613 g/mol. The number of benzene rings is 4. The summed E-state index contributed by atoms with van der Waals surface area (Å²) in [7, 11) is 0. The highest BCUT2D eigenvalue weighted by atomic mass is 19.1. The number of esters is 2. The molecule has 4 aromatic rings. The minimum absolute atomic E-state index is 0.294. The number of carbonyl (C=O) groups is 2. The van der Waals surface area contributed by atoms with Crippen LogP contribution in [0.2, 0.25) is 0 Å². The number of rotatable bonds is 10. The molecule has 0 fully saturated rings. The van der Waals surface area contributed by atoms with E-state index in [9.17, 15) is 14.0 Å². The molecule has 228 valence electrons. The fraction of sp³-hybridized carbons (Fsp3) is 0.0278. The van der Waals surface area contributed by atoms with Crippen molar-refractivity contribution in [3.63, 3.8) is 0 Å². The van der Waals surface area contributed by atoms with Crippen molar-refractivity contribution in [3.8, 4) is 11.5 Å². The van der Waals surface area contributed by atoms with Crippen LogP contribution in [0.25, 0.3) is 4.85 Å². The summed E-state index contributed by atoms with van der Waals surface area (Å²) >= 11 is 0. The molecule has 0 radical (unpaired) electrons. The molecule has 0 atom stereocenters. The van der Waals surface area contributed by atoms with Crippen molar-refractivity contribution < 1.29 is 23.5 Å². The molecular formula is C36H28FN5O4. The maximum absolute atomic E-state index is 12.7. The van der Waals surface area contributed by atoms with Crippen LogP contribution in [0, 0.1) is 19.3 Å². The predicted molar refractivity (Wildman–Crippen MR) is 179 cm³/mol. The molecular weight excluding hydrogens is 585 g/mol. The smallest absolute Gasteiger partial charge is 0.335 e. The van der Waals surface area contributed by atoms with Gasteiger partial charge >= 0.3 is 11.9 Å². The van der Waals surface area contributed by atoms with Crippen molar-refractivity contribution in [3.05, 3.63) is 161 Å². The molecule has 0 saturated heterocycles. The molecule has 0 aliphatic carbocycles. The van der Waals surface area contributed by atoms with Crippen LogP contribution < -0.4 is 9.47 Å². The summed E-state index contributed by atoms with van der Waals surface area (Å²) in [6.45, 7) is 15.4. The molecule has 0 aliphatic heterocycles. The van der Waals surface area contributed by atoms with Crippen molar-refractivity contribution in [1.29, 1.82) is 0 Å².